The number of halogens is 1. The van der Waals surface area contributed by atoms with Crippen LogP contribution in [-0.2, 0) is 0 Å². The van der Waals surface area contributed by atoms with E-state index in [9.17, 15) is 4.79 Å². The van der Waals surface area contributed by atoms with E-state index < -0.39 is 0 Å². The zero-order chi connectivity index (χ0) is 15.2. The molecule has 0 fully saturated rings. The summed E-state index contributed by atoms with van der Waals surface area (Å²) in [6.45, 7) is 4.75. The number of hydrogen-bond donors (Lipinski definition) is 0. The highest BCUT2D eigenvalue weighted by atomic mass is 35.5. The Balaban J connectivity index is 2.43. The van der Waals surface area contributed by atoms with Crippen LogP contribution in [0.25, 0.3) is 10.8 Å². The first-order valence-corrected chi connectivity index (χ1v) is 7.97. The van der Waals surface area contributed by atoms with Crippen LogP contribution in [0.2, 0.25) is 0 Å². The minimum absolute atomic E-state index is 0.0267. The Morgan fingerprint density at radius 2 is 1.95 bits per heavy atom. The number of carbonyl (C=O) groups excluding carboxylic acids is 1. The molecule has 0 spiro atoms. The van der Waals surface area contributed by atoms with Gasteiger partial charge in [0, 0.05) is 30.0 Å². The second-order valence-corrected chi connectivity index (χ2v) is 5.42. The van der Waals surface area contributed by atoms with Crippen molar-refractivity contribution in [2.24, 2.45) is 0 Å². The molecular formula is C17H21ClN2O. The van der Waals surface area contributed by atoms with Crippen LogP contribution in [0.15, 0.2) is 36.5 Å². The lowest BCUT2D eigenvalue weighted by Crippen LogP contribution is -2.41. The van der Waals surface area contributed by atoms with Crippen LogP contribution in [0.1, 0.15) is 37.2 Å². The van der Waals surface area contributed by atoms with Gasteiger partial charge < -0.3 is 4.90 Å². The van der Waals surface area contributed by atoms with Crippen LogP contribution < -0.4 is 0 Å². The van der Waals surface area contributed by atoms with Crippen LogP contribution in [0.5, 0.6) is 0 Å². The van der Waals surface area contributed by atoms with E-state index in [2.05, 4.69) is 18.8 Å². The number of alkyl halides is 1. The predicted molar refractivity (Wildman–Crippen MR) is 87.9 cm³/mol. The highest BCUT2D eigenvalue weighted by Crippen LogP contribution is 2.20. The molecule has 0 aliphatic carbocycles. The number of nitrogens with zero attached hydrogens (tertiary/aromatic N) is 2. The molecule has 0 saturated carbocycles. The summed E-state index contributed by atoms with van der Waals surface area (Å²) in [5.41, 5.74) is 0.519. The van der Waals surface area contributed by atoms with Crippen molar-refractivity contribution in [3.8, 4) is 0 Å². The van der Waals surface area contributed by atoms with Crippen molar-refractivity contribution < 1.29 is 4.79 Å². The fraction of sp³-hybridized carbons (Fsp3) is 0.412. The minimum atomic E-state index is -0.0267. The molecule has 1 aromatic carbocycles. The van der Waals surface area contributed by atoms with Gasteiger partial charge in [-0.05, 0) is 24.3 Å². The molecule has 3 nitrogen and oxygen atoms in total. The van der Waals surface area contributed by atoms with Gasteiger partial charge in [-0.15, -0.1) is 11.6 Å². The van der Waals surface area contributed by atoms with Gasteiger partial charge in [0.05, 0.1) is 0 Å². The lowest BCUT2D eigenvalue weighted by molar-refractivity contribution is 0.0678. The normalized spacial score (nSPS) is 11.0. The summed E-state index contributed by atoms with van der Waals surface area (Å²) in [4.78, 5) is 19.1. The molecule has 0 N–H and O–H groups in total. The quantitative estimate of drug-likeness (QED) is 0.753. The Hall–Kier alpha value is -1.61. The van der Waals surface area contributed by atoms with Crippen LogP contribution in [0.4, 0.5) is 0 Å². The fourth-order valence-electron chi connectivity index (χ4n) is 2.70. The highest BCUT2D eigenvalue weighted by Gasteiger charge is 2.24. The summed E-state index contributed by atoms with van der Waals surface area (Å²) in [5, 5.41) is 1.93. The Morgan fingerprint density at radius 3 is 2.62 bits per heavy atom. The number of fused-ring (bicyclic) bond motifs is 1. The maximum Gasteiger partial charge on any atom is 0.273 e. The third-order valence-corrected chi connectivity index (χ3v) is 4.01. The maximum atomic E-state index is 12.9. The Morgan fingerprint density at radius 1 is 1.24 bits per heavy atom. The number of benzene rings is 1. The molecule has 0 aliphatic rings. The van der Waals surface area contributed by atoms with E-state index in [-0.39, 0.29) is 11.9 Å². The number of pyridine rings is 1. The maximum absolute atomic E-state index is 12.9. The molecule has 21 heavy (non-hydrogen) atoms. The third kappa shape index (κ3) is 3.35. The van der Waals surface area contributed by atoms with Gasteiger partial charge in [-0.25, -0.2) is 0 Å². The largest absolute Gasteiger partial charge is 0.333 e. The van der Waals surface area contributed by atoms with Gasteiger partial charge in [0.15, 0.2) is 0 Å². The van der Waals surface area contributed by atoms with Crippen molar-refractivity contribution in [1.29, 1.82) is 0 Å². The van der Waals surface area contributed by atoms with Gasteiger partial charge in [0.1, 0.15) is 5.69 Å². The summed E-state index contributed by atoms with van der Waals surface area (Å²) in [6.07, 6.45) is 3.54. The summed E-state index contributed by atoms with van der Waals surface area (Å²) >= 11 is 5.89. The molecular weight excluding hydrogens is 284 g/mol. The summed E-state index contributed by atoms with van der Waals surface area (Å²) in [7, 11) is 0. The average molecular weight is 305 g/mol. The summed E-state index contributed by atoms with van der Waals surface area (Å²) in [6, 6.07) is 9.97. The number of amides is 1. The van der Waals surface area contributed by atoms with Crippen molar-refractivity contribution in [1.82, 2.24) is 9.88 Å². The van der Waals surface area contributed by atoms with E-state index in [0.29, 0.717) is 18.1 Å². The predicted octanol–water partition coefficient (Wildman–Crippen LogP) is 4.10. The molecule has 0 saturated heterocycles. The Kier molecular flexibility index (Phi) is 5.57. The van der Waals surface area contributed by atoms with E-state index in [4.69, 9.17) is 11.6 Å². The van der Waals surface area contributed by atoms with Gasteiger partial charge >= 0.3 is 0 Å². The Labute approximate surface area is 130 Å². The molecule has 4 heteroatoms. The molecule has 0 unspecified atom stereocenters. The number of hydrogen-bond acceptors (Lipinski definition) is 2. The first-order valence-electron chi connectivity index (χ1n) is 7.43. The topological polar surface area (TPSA) is 33.2 Å². The van der Waals surface area contributed by atoms with Crippen molar-refractivity contribution in [3.63, 3.8) is 0 Å². The van der Waals surface area contributed by atoms with Crippen LogP contribution >= 0.6 is 11.6 Å². The molecule has 0 atom stereocenters. The molecule has 1 heterocycles. The molecule has 112 valence electrons. The summed E-state index contributed by atoms with van der Waals surface area (Å²) in [5.74, 6) is 0.411. The second-order valence-electron chi connectivity index (χ2n) is 5.04. The van der Waals surface area contributed by atoms with Crippen LogP contribution in [0, 0.1) is 0 Å². The van der Waals surface area contributed by atoms with Gasteiger partial charge in [-0.2, -0.15) is 0 Å². The molecule has 1 aromatic heterocycles. The van der Waals surface area contributed by atoms with Crippen molar-refractivity contribution in [2.75, 3.05) is 12.4 Å². The molecule has 0 radical (unpaired) electrons. The van der Waals surface area contributed by atoms with Gasteiger partial charge in [0.25, 0.3) is 5.91 Å². The van der Waals surface area contributed by atoms with Crippen molar-refractivity contribution >= 4 is 28.3 Å². The van der Waals surface area contributed by atoms with Crippen molar-refractivity contribution in [2.45, 2.75) is 32.7 Å². The second kappa shape index (κ2) is 7.41. The van der Waals surface area contributed by atoms with Gasteiger partial charge in [-0.3, -0.25) is 9.78 Å². The number of carbonyl (C=O) groups is 1. The molecule has 1 amide bonds. The standard InChI is InChI=1S/C17H21ClN2O/c1-3-14(4-2)20(12-10-18)17(21)16-15-8-6-5-7-13(15)9-11-19-16/h5-9,11,14H,3-4,10,12H2,1-2H3. The first-order chi connectivity index (χ1) is 10.2. The molecule has 0 bridgehead atoms. The van der Waals surface area contributed by atoms with Gasteiger partial charge in [0.2, 0.25) is 0 Å². The highest BCUT2D eigenvalue weighted by molar-refractivity contribution is 6.18. The minimum Gasteiger partial charge on any atom is -0.333 e. The van der Waals surface area contributed by atoms with Gasteiger partial charge in [-0.1, -0.05) is 38.1 Å². The van der Waals surface area contributed by atoms with E-state index in [1.807, 2.05) is 35.2 Å². The first kappa shape index (κ1) is 15.8. The molecule has 2 aromatic rings. The lowest BCUT2D eigenvalue weighted by atomic mass is 10.1. The van der Waals surface area contributed by atoms with E-state index >= 15 is 0 Å². The monoisotopic (exact) mass is 304 g/mol. The summed E-state index contributed by atoms with van der Waals surface area (Å²) < 4.78 is 0. The number of aromatic nitrogens is 1. The smallest absolute Gasteiger partial charge is 0.273 e. The molecule has 2 rings (SSSR count). The lowest BCUT2D eigenvalue weighted by Gasteiger charge is -2.30. The Bertz CT molecular complexity index is 605. The third-order valence-electron chi connectivity index (χ3n) is 3.85. The zero-order valence-electron chi connectivity index (χ0n) is 12.6. The van der Waals surface area contributed by atoms with E-state index in [1.165, 1.54) is 0 Å². The average Bonchev–Trinajstić information content (AvgIpc) is 2.54. The van der Waals surface area contributed by atoms with Crippen molar-refractivity contribution in [3.05, 3.63) is 42.2 Å². The number of rotatable bonds is 6. The fourth-order valence-corrected chi connectivity index (χ4v) is 2.88. The zero-order valence-corrected chi connectivity index (χ0v) is 13.3. The molecule has 0 aliphatic heterocycles. The van der Waals surface area contributed by atoms with Crippen LogP contribution in [0.3, 0.4) is 0 Å². The van der Waals surface area contributed by atoms with E-state index in [1.54, 1.807) is 6.20 Å². The van der Waals surface area contributed by atoms with Crippen LogP contribution in [-0.4, -0.2) is 34.3 Å². The SMILES string of the molecule is CCC(CC)N(CCCl)C(=O)c1nccc2ccccc12. The van der Waals surface area contributed by atoms with E-state index in [0.717, 1.165) is 23.6 Å².